The Hall–Kier alpha value is -3.39. The molecule has 5 heteroatoms. The van der Waals surface area contributed by atoms with Crippen LogP contribution in [0.15, 0.2) is 49.0 Å². The number of benzene rings is 2. The molecule has 0 fully saturated rings. The maximum absolute atomic E-state index is 11.9. The lowest BCUT2D eigenvalue weighted by Crippen LogP contribution is -2.40. The number of hydrogen-bond acceptors (Lipinski definition) is 4. The number of carbonyl (C=O) groups is 2. The van der Waals surface area contributed by atoms with E-state index in [1.165, 1.54) is 13.0 Å². The first kappa shape index (κ1) is 17.0. The van der Waals surface area contributed by atoms with E-state index in [-0.39, 0.29) is 0 Å². The van der Waals surface area contributed by atoms with Gasteiger partial charge in [0.2, 0.25) is 0 Å². The molecule has 0 spiro atoms. The van der Waals surface area contributed by atoms with E-state index in [2.05, 4.69) is 11.9 Å². The summed E-state index contributed by atoms with van der Waals surface area (Å²) in [5.41, 5.74) is 1.04. The van der Waals surface area contributed by atoms with Crippen molar-refractivity contribution in [1.29, 1.82) is 5.26 Å². The van der Waals surface area contributed by atoms with Gasteiger partial charge in [-0.2, -0.15) is 5.26 Å². The Kier molecular flexibility index (Phi) is 4.81. The Morgan fingerprint density at radius 1 is 1.25 bits per heavy atom. The third-order valence-electron chi connectivity index (χ3n) is 3.76. The van der Waals surface area contributed by atoms with Crippen molar-refractivity contribution in [2.75, 3.05) is 5.32 Å². The zero-order chi connectivity index (χ0) is 17.7. The first-order valence-electron chi connectivity index (χ1n) is 7.18. The minimum atomic E-state index is -1.45. The van der Waals surface area contributed by atoms with E-state index in [4.69, 9.17) is 5.26 Å². The second-order valence-electron chi connectivity index (χ2n) is 5.45. The standard InChI is InChI=1S/C19H16N2O3/c1-3-13-8-15(12-22)10-16(9-13)19(2,18(23)24)21-17-6-4-14(11-20)5-7-17/h3-10,12,21H,1H2,2H3,(H,23,24). The molecule has 0 saturated carbocycles. The number of carboxylic acid groups (broad SMARTS) is 1. The molecule has 2 rings (SSSR count). The lowest BCUT2D eigenvalue weighted by Gasteiger charge is -2.28. The number of hydrogen-bond donors (Lipinski definition) is 2. The predicted molar refractivity (Wildman–Crippen MR) is 91.7 cm³/mol. The van der Waals surface area contributed by atoms with Crippen molar-refractivity contribution in [3.63, 3.8) is 0 Å². The summed E-state index contributed by atoms with van der Waals surface area (Å²) in [6.07, 6.45) is 2.22. The lowest BCUT2D eigenvalue weighted by atomic mass is 9.89. The number of nitrogens with zero attached hydrogens (tertiary/aromatic N) is 1. The summed E-state index contributed by atoms with van der Waals surface area (Å²) in [6.45, 7) is 5.18. The van der Waals surface area contributed by atoms with Gasteiger partial charge in [-0.1, -0.05) is 12.7 Å². The van der Waals surface area contributed by atoms with E-state index in [1.54, 1.807) is 42.5 Å². The monoisotopic (exact) mass is 320 g/mol. The fourth-order valence-corrected chi connectivity index (χ4v) is 2.32. The van der Waals surface area contributed by atoms with Gasteiger partial charge in [-0.15, -0.1) is 0 Å². The maximum Gasteiger partial charge on any atom is 0.333 e. The Morgan fingerprint density at radius 3 is 2.38 bits per heavy atom. The third-order valence-corrected chi connectivity index (χ3v) is 3.76. The Labute approximate surface area is 139 Å². The summed E-state index contributed by atoms with van der Waals surface area (Å²) in [6, 6.07) is 13.3. The zero-order valence-electron chi connectivity index (χ0n) is 13.1. The van der Waals surface area contributed by atoms with Gasteiger partial charge in [0.15, 0.2) is 5.54 Å². The second kappa shape index (κ2) is 6.80. The Balaban J connectivity index is 2.50. The Morgan fingerprint density at radius 2 is 1.88 bits per heavy atom. The summed E-state index contributed by atoms with van der Waals surface area (Å²) in [5, 5.41) is 21.5. The van der Waals surface area contributed by atoms with Crippen molar-refractivity contribution in [3.05, 3.63) is 71.3 Å². The minimum Gasteiger partial charge on any atom is -0.479 e. The molecule has 0 heterocycles. The molecule has 0 amide bonds. The predicted octanol–water partition coefficient (Wildman–Crippen LogP) is 3.43. The molecule has 0 aliphatic carbocycles. The van der Waals surface area contributed by atoms with Crippen LogP contribution in [0.1, 0.15) is 34.0 Å². The van der Waals surface area contributed by atoms with Gasteiger partial charge in [0.05, 0.1) is 11.6 Å². The van der Waals surface area contributed by atoms with Gasteiger partial charge in [0, 0.05) is 11.3 Å². The van der Waals surface area contributed by atoms with Gasteiger partial charge in [0.1, 0.15) is 6.29 Å². The van der Waals surface area contributed by atoms with Gasteiger partial charge in [-0.25, -0.2) is 4.79 Å². The summed E-state index contributed by atoms with van der Waals surface area (Å²) in [7, 11) is 0. The first-order valence-corrected chi connectivity index (χ1v) is 7.18. The summed E-state index contributed by atoms with van der Waals surface area (Å²) in [4.78, 5) is 23.0. The third kappa shape index (κ3) is 3.33. The fourth-order valence-electron chi connectivity index (χ4n) is 2.32. The smallest absolute Gasteiger partial charge is 0.333 e. The fraction of sp³-hybridized carbons (Fsp3) is 0.105. The topological polar surface area (TPSA) is 90.2 Å². The van der Waals surface area contributed by atoms with Crippen molar-refractivity contribution in [2.24, 2.45) is 0 Å². The molecular weight excluding hydrogens is 304 g/mol. The zero-order valence-corrected chi connectivity index (χ0v) is 13.1. The van der Waals surface area contributed by atoms with E-state index in [9.17, 15) is 14.7 Å². The van der Waals surface area contributed by atoms with Gasteiger partial charge < -0.3 is 10.4 Å². The average Bonchev–Trinajstić information content (AvgIpc) is 2.61. The Bertz CT molecular complexity index is 808. The summed E-state index contributed by atoms with van der Waals surface area (Å²) < 4.78 is 0. The van der Waals surface area contributed by atoms with Crippen LogP contribution in [0.2, 0.25) is 0 Å². The van der Waals surface area contributed by atoms with Crippen molar-refractivity contribution >= 4 is 24.0 Å². The maximum atomic E-state index is 11.9. The molecule has 2 aromatic carbocycles. The minimum absolute atomic E-state index is 0.372. The van der Waals surface area contributed by atoms with E-state index in [0.29, 0.717) is 34.2 Å². The molecule has 0 bridgehead atoms. The number of aldehydes is 1. The summed E-state index contributed by atoms with van der Waals surface area (Å²) >= 11 is 0. The van der Waals surface area contributed by atoms with Gasteiger partial charge in [-0.05, 0) is 60.5 Å². The molecule has 5 nitrogen and oxygen atoms in total. The van der Waals surface area contributed by atoms with Crippen LogP contribution in [0.25, 0.3) is 6.08 Å². The molecule has 0 radical (unpaired) electrons. The lowest BCUT2D eigenvalue weighted by molar-refractivity contribution is -0.142. The highest BCUT2D eigenvalue weighted by atomic mass is 16.4. The molecule has 1 atom stereocenters. The van der Waals surface area contributed by atoms with Crippen LogP contribution in [0.4, 0.5) is 5.69 Å². The number of nitriles is 1. The van der Waals surface area contributed by atoms with E-state index in [0.717, 1.165) is 0 Å². The molecule has 0 aliphatic rings. The van der Waals surface area contributed by atoms with Crippen LogP contribution >= 0.6 is 0 Å². The van der Waals surface area contributed by atoms with Crippen molar-refractivity contribution in [3.8, 4) is 6.07 Å². The largest absolute Gasteiger partial charge is 0.479 e. The molecular formula is C19H16N2O3. The molecule has 2 N–H and O–H groups in total. The van der Waals surface area contributed by atoms with Crippen molar-refractivity contribution in [1.82, 2.24) is 0 Å². The van der Waals surface area contributed by atoms with Crippen LogP contribution in [-0.2, 0) is 10.3 Å². The van der Waals surface area contributed by atoms with E-state index < -0.39 is 11.5 Å². The van der Waals surface area contributed by atoms with Crippen molar-refractivity contribution < 1.29 is 14.7 Å². The highest BCUT2D eigenvalue weighted by Crippen LogP contribution is 2.28. The number of nitrogens with one attached hydrogen (secondary N) is 1. The molecule has 0 aromatic heterocycles. The normalized spacial score (nSPS) is 12.5. The number of anilines is 1. The van der Waals surface area contributed by atoms with Gasteiger partial charge in [0.25, 0.3) is 0 Å². The highest BCUT2D eigenvalue weighted by molar-refractivity contribution is 5.86. The second-order valence-corrected chi connectivity index (χ2v) is 5.45. The van der Waals surface area contributed by atoms with Crippen LogP contribution in [-0.4, -0.2) is 17.4 Å². The SMILES string of the molecule is C=Cc1cc(C=O)cc(C(C)(Nc2ccc(C#N)cc2)C(=O)O)c1. The molecule has 0 saturated heterocycles. The first-order chi connectivity index (χ1) is 11.4. The van der Waals surface area contributed by atoms with Crippen molar-refractivity contribution in [2.45, 2.75) is 12.5 Å². The van der Waals surface area contributed by atoms with Gasteiger partial charge >= 0.3 is 5.97 Å². The molecule has 0 aliphatic heterocycles. The molecule has 24 heavy (non-hydrogen) atoms. The molecule has 1 unspecified atom stereocenters. The number of carboxylic acids is 1. The average molecular weight is 320 g/mol. The van der Waals surface area contributed by atoms with Gasteiger partial charge in [-0.3, -0.25) is 4.79 Å². The quantitative estimate of drug-likeness (QED) is 0.796. The van der Waals surface area contributed by atoms with Crippen LogP contribution in [0.3, 0.4) is 0 Å². The number of aliphatic carboxylic acids is 1. The highest BCUT2D eigenvalue weighted by Gasteiger charge is 2.35. The van der Waals surface area contributed by atoms with Crippen LogP contribution in [0.5, 0.6) is 0 Å². The van der Waals surface area contributed by atoms with Crippen LogP contribution in [0, 0.1) is 11.3 Å². The van der Waals surface area contributed by atoms with E-state index in [1.807, 2.05) is 6.07 Å². The molecule has 2 aromatic rings. The van der Waals surface area contributed by atoms with E-state index >= 15 is 0 Å². The molecule has 120 valence electrons. The number of carbonyl (C=O) groups excluding carboxylic acids is 1. The number of rotatable bonds is 6. The van der Waals surface area contributed by atoms with Crippen LogP contribution < -0.4 is 5.32 Å². The summed E-state index contributed by atoms with van der Waals surface area (Å²) in [5.74, 6) is -1.09.